The van der Waals surface area contributed by atoms with Crippen LogP contribution in [0.2, 0.25) is 5.02 Å². The molecule has 0 aromatic heterocycles. The molecular formula is C12H16ClNO2. The molecule has 0 saturated heterocycles. The summed E-state index contributed by atoms with van der Waals surface area (Å²) in [5.74, 6) is -0.806. The Bertz CT molecular complexity index is 379. The van der Waals surface area contributed by atoms with Crippen molar-refractivity contribution in [2.45, 2.75) is 20.4 Å². The average molecular weight is 242 g/mol. The number of carboxylic acid groups (broad SMARTS) is 1. The summed E-state index contributed by atoms with van der Waals surface area (Å²) in [4.78, 5) is 12.5. The minimum atomic E-state index is -0.806. The Labute approximate surface area is 101 Å². The van der Waals surface area contributed by atoms with Gasteiger partial charge < -0.3 is 5.11 Å². The molecule has 88 valence electrons. The number of halogens is 1. The molecule has 1 aromatic carbocycles. The van der Waals surface area contributed by atoms with Crippen molar-refractivity contribution in [1.82, 2.24) is 4.90 Å². The third-order valence-corrected chi connectivity index (χ3v) is 2.86. The summed E-state index contributed by atoms with van der Waals surface area (Å²) in [6.45, 7) is 5.27. The molecule has 1 rings (SSSR count). The van der Waals surface area contributed by atoms with Gasteiger partial charge in [0.05, 0.1) is 6.54 Å². The lowest BCUT2D eigenvalue weighted by Crippen LogP contribution is -2.29. The molecule has 0 heterocycles. The van der Waals surface area contributed by atoms with Gasteiger partial charge in [-0.3, -0.25) is 9.69 Å². The van der Waals surface area contributed by atoms with Gasteiger partial charge in [0.15, 0.2) is 0 Å². The van der Waals surface area contributed by atoms with Crippen molar-refractivity contribution in [3.63, 3.8) is 0 Å². The van der Waals surface area contributed by atoms with E-state index >= 15 is 0 Å². The van der Waals surface area contributed by atoms with E-state index in [4.69, 9.17) is 16.7 Å². The van der Waals surface area contributed by atoms with Gasteiger partial charge in [0, 0.05) is 11.6 Å². The second kappa shape index (κ2) is 5.87. The fraction of sp³-hybridized carbons (Fsp3) is 0.417. The third-order valence-electron chi connectivity index (χ3n) is 2.45. The van der Waals surface area contributed by atoms with Gasteiger partial charge in [-0.05, 0) is 30.7 Å². The molecule has 16 heavy (non-hydrogen) atoms. The van der Waals surface area contributed by atoms with E-state index in [2.05, 4.69) is 0 Å². The van der Waals surface area contributed by atoms with Crippen LogP contribution in [-0.2, 0) is 11.3 Å². The first kappa shape index (κ1) is 13.0. The zero-order valence-electron chi connectivity index (χ0n) is 9.53. The minimum Gasteiger partial charge on any atom is -0.480 e. The molecule has 0 aliphatic rings. The average Bonchev–Trinajstić information content (AvgIpc) is 2.22. The maximum Gasteiger partial charge on any atom is 0.317 e. The zero-order chi connectivity index (χ0) is 12.1. The van der Waals surface area contributed by atoms with Gasteiger partial charge in [-0.1, -0.05) is 30.7 Å². The lowest BCUT2D eigenvalue weighted by molar-refractivity contribution is -0.138. The van der Waals surface area contributed by atoms with Crippen LogP contribution in [0.15, 0.2) is 18.2 Å². The number of rotatable bonds is 5. The normalized spacial score (nSPS) is 10.8. The highest BCUT2D eigenvalue weighted by molar-refractivity contribution is 6.31. The van der Waals surface area contributed by atoms with Crippen molar-refractivity contribution in [3.05, 3.63) is 34.3 Å². The van der Waals surface area contributed by atoms with Crippen molar-refractivity contribution in [2.24, 2.45) is 0 Å². The summed E-state index contributed by atoms with van der Waals surface area (Å²) in [7, 11) is 0. The van der Waals surface area contributed by atoms with Crippen molar-refractivity contribution < 1.29 is 9.90 Å². The maximum absolute atomic E-state index is 10.6. The molecule has 3 nitrogen and oxygen atoms in total. The van der Waals surface area contributed by atoms with Crippen LogP contribution < -0.4 is 0 Å². The fourth-order valence-electron chi connectivity index (χ4n) is 1.46. The second-order valence-corrected chi connectivity index (χ2v) is 4.19. The van der Waals surface area contributed by atoms with Crippen LogP contribution in [0.1, 0.15) is 18.1 Å². The minimum absolute atomic E-state index is 0.0575. The van der Waals surface area contributed by atoms with E-state index in [0.717, 1.165) is 16.1 Å². The number of hydrogen-bond donors (Lipinski definition) is 1. The number of aliphatic carboxylic acids is 1. The van der Waals surface area contributed by atoms with Crippen molar-refractivity contribution in [2.75, 3.05) is 13.1 Å². The smallest absolute Gasteiger partial charge is 0.317 e. The molecule has 0 aliphatic carbocycles. The third kappa shape index (κ3) is 3.83. The first-order chi connectivity index (χ1) is 7.52. The highest BCUT2D eigenvalue weighted by Gasteiger charge is 2.08. The molecule has 0 radical (unpaired) electrons. The number of aryl methyl sites for hydroxylation is 1. The van der Waals surface area contributed by atoms with Crippen molar-refractivity contribution in [3.8, 4) is 0 Å². The van der Waals surface area contributed by atoms with E-state index in [-0.39, 0.29) is 6.54 Å². The van der Waals surface area contributed by atoms with Gasteiger partial charge in [0.2, 0.25) is 0 Å². The van der Waals surface area contributed by atoms with E-state index < -0.39 is 5.97 Å². The predicted molar refractivity (Wildman–Crippen MR) is 64.8 cm³/mol. The van der Waals surface area contributed by atoms with Crippen molar-refractivity contribution >= 4 is 17.6 Å². The van der Waals surface area contributed by atoms with E-state index in [9.17, 15) is 4.79 Å². The Morgan fingerprint density at radius 3 is 2.69 bits per heavy atom. The summed E-state index contributed by atoms with van der Waals surface area (Å²) in [5.41, 5.74) is 2.07. The molecule has 0 bridgehead atoms. The van der Waals surface area contributed by atoms with Gasteiger partial charge in [-0.25, -0.2) is 0 Å². The molecule has 4 heteroatoms. The van der Waals surface area contributed by atoms with Crippen molar-refractivity contribution in [1.29, 1.82) is 0 Å². The number of likely N-dealkylation sites (N-methyl/N-ethyl adjacent to an activating group) is 1. The Morgan fingerprint density at radius 2 is 2.19 bits per heavy atom. The van der Waals surface area contributed by atoms with Crippen LogP contribution in [-0.4, -0.2) is 29.1 Å². The molecule has 0 aliphatic heterocycles. The summed E-state index contributed by atoms with van der Waals surface area (Å²) in [6.07, 6.45) is 0. The first-order valence-electron chi connectivity index (χ1n) is 5.22. The molecule has 0 fully saturated rings. The number of carboxylic acids is 1. The van der Waals surface area contributed by atoms with E-state index in [1.54, 1.807) is 0 Å². The molecule has 0 atom stereocenters. The lowest BCUT2D eigenvalue weighted by Gasteiger charge is -2.18. The molecule has 0 spiro atoms. The summed E-state index contributed by atoms with van der Waals surface area (Å²) >= 11 is 6.01. The van der Waals surface area contributed by atoms with Gasteiger partial charge in [-0.15, -0.1) is 0 Å². The maximum atomic E-state index is 10.6. The van der Waals surface area contributed by atoms with Crippen LogP contribution in [0.25, 0.3) is 0 Å². The van der Waals surface area contributed by atoms with Crippen LogP contribution in [0.4, 0.5) is 0 Å². The Kier molecular flexibility index (Phi) is 4.77. The Hall–Kier alpha value is -1.06. The van der Waals surface area contributed by atoms with Gasteiger partial charge in [-0.2, -0.15) is 0 Å². The van der Waals surface area contributed by atoms with Gasteiger partial charge in [0.1, 0.15) is 0 Å². The second-order valence-electron chi connectivity index (χ2n) is 3.78. The quantitative estimate of drug-likeness (QED) is 0.861. The molecule has 1 aromatic rings. The topological polar surface area (TPSA) is 40.5 Å². The molecule has 0 saturated carbocycles. The summed E-state index contributed by atoms with van der Waals surface area (Å²) < 4.78 is 0. The number of benzene rings is 1. The van der Waals surface area contributed by atoms with E-state index in [1.165, 1.54) is 0 Å². The standard InChI is InChI=1S/C12H16ClNO2/c1-3-14(8-12(15)16)7-10-5-4-9(2)11(13)6-10/h4-6H,3,7-8H2,1-2H3,(H,15,16). The Morgan fingerprint density at radius 1 is 1.50 bits per heavy atom. The lowest BCUT2D eigenvalue weighted by atomic mass is 10.1. The highest BCUT2D eigenvalue weighted by Crippen LogP contribution is 2.17. The SMILES string of the molecule is CCN(CC(=O)O)Cc1ccc(C)c(Cl)c1. The van der Waals surface area contributed by atoms with Gasteiger partial charge in [0.25, 0.3) is 0 Å². The first-order valence-corrected chi connectivity index (χ1v) is 5.60. The van der Waals surface area contributed by atoms with E-state index in [1.807, 2.05) is 36.9 Å². The predicted octanol–water partition coefficient (Wildman–Crippen LogP) is 2.55. The largest absolute Gasteiger partial charge is 0.480 e. The summed E-state index contributed by atoms with van der Waals surface area (Å²) in [6, 6.07) is 5.82. The Balaban J connectivity index is 2.70. The highest BCUT2D eigenvalue weighted by atomic mass is 35.5. The van der Waals surface area contributed by atoms with Crippen LogP contribution in [0.3, 0.4) is 0 Å². The summed E-state index contributed by atoms with van der Waals surface area (Å²) in [5, 5.41) is 9.45. The number of nitrogens with zero attached hydrogens (tertiary/aromatic N) is 1. The van der Waals surface area contributed by atoms with Crippen LogP contribution >= 0.6 is 11.6 Å². The number of carbonyl (C=O) groups is 1. The monoisotopic (exact) mass is 241 g/mol. The zero-order valence-corrected chi connectivity index (χ0v) is 10.3. The molecule has 0 amide bonds. The molecule has 1 N–H and O–H groups in total. The molecule has 0 unspecified atom stereocenters. The van der Waals surface area contributed by atoms with Crippen LogP contribution in [0.5, 0.6) is 0 Å². The van der Waals surface area contributed by atoms with E-state index in [0.29, 0.717) is 13.1 Å². The van der Waals surface area contributed by atoms with Crippen LogP contribution in [0, 0.1) is 6.92 Å². The number of hydrogen-bond acceptors (Lipinski definition) is 2. The fourth-order valence-corrected chi connectivity index (χ4v) is 1.67. The van der Waals surface area contributed by atoms with Gasteiger partial charge >= 0.3 is 5.97 Å². The molecular weight excluding hydrogens is 226 g/mol.